The van der Waals surface area contributed by atoms with E-state index in [9.17, 15) is 4.79 Å². The molecule has 3 heteroatoms. The monoisotopic (exact) mass is 258 g/mol. The van der Waals surface area contributed by atoms with Crippen molar-refractivity contribution in [3.8, 4) is 0 Å². The normalized spacial score (nSPS) is 24.1. The first kappa shape index (κ1) is 12.7. The minimum Gasteiger partial charge on any atom is -0.348 e. The molecule has 3 nitrogen and oxygen atoms in total. The third kappa shape index (κ3) is 3.35. The fourth-order valence-electron chi connectivity index (χ4n) is 2.93. The number of hydrogen-bond acceptors (Lipinski definition) is 2. The summed E-state index contributed by atoms with van der Waals surface area (Å²) in [5.41, 5.74) is 0.765. The molecule has 1 aliphatic heterocycles. The summed E-state index contributed by atoms with van der Waals surface area (Å²) in [4.78, 5) is 12.3. The van der Waals surface area contributed by atoms with Crippen molar-refractivity contribution < 1.29 is 4.79 Å². The molecule has 1 saturated carbocycles. The van der Waals surface area contributed by atoms with E-state index < -0.39 is 0 Å². The molecular weight excluding hydrogens is 236 g/mol. The van der Waals surface area contributed by atoms with Crippen molar-refractivity contribution in [1.82, 2.24) is 10.6 Å². The van der Waals surface area contributed by atoms with E-state index in [1.807, 2.05) is 30.3 Å². The van der Waals surface area contributed by atoms with Crippen molar-refractivity contribution in [3.63, 3.8) is 0 Å². The van der Waals surface area contributed by atoms with Crippen LogP contribution in [0.1, 0.15) is 42.5 Å². The Balaban J connectivity index is 1.64. The second-order valence-corrected chi connectivity index (χ2v) is 5.83. The van der Waals surface area contributed by atoms with E-state index >= 15 is 0 Å². The Kier molecular flexibility index (Phi) is 3.83. The summed E-state index contributed by atoms with van der Waals surface area (Å²) in [7, 11) is 0. The smallest absolute Gasteiger partial charge is 0.251 e. The van der Waals surface area contributed by atoms with Gasteiger partial charge in [-0.15, -0.1) is 0 Å². The van der Waals surface area contributed by atoms with Gasteiger partial charge in [0, 0.05) is 17.6 Å². The van der Waals surface area contributed by atoms with Crippen molar-refractivity contribution in [2.45, 2.75) is 44.2 Å². The van der Waals surface area contributed by atoms with Gasteiger partial charge in [-0.1, -0.05) is 31.0 Å². The summed E-state index contributed by atoms with van der Waals surface area (Å²) in [6.45, 7) is 1.09. The Bertz CT molecular complexity index is 422. The van der Waals surface area contributed by atoms with Crippen LogP contribution in [0.2, 0.25) is 0 Å². The Morgan fingerprint density at radius 1 is 1.26 bits per heavy atom. The van der Waals surface area contributed by atoms with Crippen LogP contribution in [0, 0.1) is 5.92 Å². The number of hydrogen-bond donors (Lipinski definition) is 2. The van der Waals surface area contributed by atoms with Gasteiger partial charge in [0.1, 0.15) is 0 Å². The molecule has 19 heavy (non-hydrogen) atoms. The maximum atomic E-state index is 12.3. The standard InChI is InChI=1S/C16H22N2O/c19-16(13-5-2-1-3-6-13)18-15(11-12-8-9-12)14-7-4-10-17-14/h1-3,5-6,12,14-15,17H,4,7-11H2,(H,18,19)/t14-,15?/m1/s1. The van der Waals surface area contributed by atoms with Crippen molar-refractivity contribution in [1.29, 1.82) is 0 Å². The van der Waals surface area contributed by atoms with Gasteiger partial charge in [-0.05, 0) is 43.9 Å². The molecule has 0 bridgehead atoms. The third-order valence-electron chi connectivity index (χ3n) is 4.22. The fourth-order valence-corrected chi connectivity index (χ4v) is 2.93. The highest BCUT2D eigenvalue weighted by atomic mass is 16.1. The topological polar surface area (TPSA) is 41.1 Å². The van der Waals surface area contributed by atoms with Gasteiger partial charge in [0.05, 0.1) is 0 Å². The molecule has 102 valence electrons. The summed E-state index contributed by atoms with van der Waals surface area (Å²) >= 11 is 0. The summed E-state index contributed by atoms with van der Waals surface area (Å²) < 4.78 is 0. The van der Waals surface area contributed by atoms with Gasteiger partial charge >= 0.3 is 0 Å². The number of amides is 1. The van der Waals surface area contributed by atoms with Gasteiger partial charge in [-0.2, -0.15) is 0 Å². The molecule has 0 radical (unpaired) electrons. The van der Waals surface area contributed by atoms with Crippen molar-refractivity contribution in [2.24, 2.45) is 5.92 Å². The molecular formula is C16H22N2O. The quantitative estimate of drug-likeness (QED) is 0.851. The zero-order valence-electron chi connectivity index (χ0n) is 11.3. The predicted molar refractivity (Wildman–Crippen MR) is 76.1 cm³/mol. The zero-order chi connectivity index (χ0) is 13.1. The lowest BCUT2D eigenvalue weighted by Gasteiger charge is -2.25. The highest BCUT2D eigenvalue weighted by molar-refractivity contribution is 5.94. The minimum absolute atomic E-state index is 0.0694. The Labute approximate surface area is 114 Å². The van der Waals surface area contributed by atoms with Gasteiger partial charge in [0.2, 0.25) is 0 Å². The summed E-state index contributed by atoms with van der Waals surface area (Å²) in [5, 5.41) is 6.78. The predicted octanol–water partition coefficient (Wildman–Crippen LogP) is 2.34. The SMILES string of the molecule is O=C(NC(CC1CC1)[C@H]1CCCN1)c1ccccc1. The average Bonchev–Trinajstić information content (AvgIpc) is 3.09. The van der Waals surface area contributed by atoms with Crippen LogP contribution >= 0.6 is 0 Å². The fraction of sp³-hybridized carbons (Fsp3) is 0.562. The van der Waals surface area contributed by atoms with E-state index in [1.165, 1.54) is 25.7 Å². The maximum Gasteiger partial charge on any atom is 0.251 e. The summed E-state index contributed by atoms with van der Waals surface area (Å²) in [5.74, 6) is 0.906. The second kappa shape index (κ2) is 5.74. The molecule has 1 aliphatic carbocycles. The summed E-state index contributed by atoms with van der Waals surface area (Å²) in [6, 6.07) is 10.3. The Hall–Kier alpha value is -1.35. The van der Waals surface area contributed by atoms with Crippen LogP contribution < -0.4 is 10.6 Å². The lowest BCUT2D eigenvalue weighted by molar-refractivity contribution is 0.0925. The Morgan fingerprint density at radius 3 is 2.68 bits per heavy atom. The van der Waals surface area contributed by atoms with Gasteiger partial charge in [-0.25, -0.2) is 0 Å². The first-order valence-electron chi connectivity index (χ1n) is 7.42. The maximum absolute atomic E-state index is 12.3. The van der Waals surface area contributed by atoms with E-state index in [1.54, 1.807) is 0 Å². The van der Waals surface area contributed by atoms with Gasteiger partial charge in [0.25, 0.3) is 5.91 Å². The van der Waals surface area contributed by atoms with E-state index in [0.29, 0.717) is 12.1 Å². The van der Waals surface area contributed by atoms with E-state index in [-0.39, 0.29) is 5.91 Å². The number of carbonyl (C=O) groups is 1. The first-order valence-corrected chi connectivity index (χ1v) is 7.42. The van der Waals surface area contributed by atoms with Crippen LogP contribution in [0.25, 0.3) is 0 Å². The highest BCUT2D eigenvalue weighted by Crippen LogP contribution is 2.34. The lowest BCUT2D eigenvalue weighted by Crippen LogP contribution is -2.47. The number of carbonyl (C=O) groups excluding carboxylic acids is 1. The largest absolute Gasteiger partial charge is 0.348 e. The van der Waals surface area contributed by atoms with Crippen LogP contribution in [0.5, 0.6) is 0 Å². The van der Waals surface area contributed by atoms with E-state index in [2.05, 4.69) is 10.6 Å². The summed E-state index contributed by atoms with van der Waals surface area (Å²) in [6.07, 6.45) is 6.23. The molecule has 1 amide bonds. The molecule has 1 aromatic carbocycles. The van der Waals surface area contributed by atoms with Crippen LogP contribution in [0.3, 0.4) is 0 Å². The molecule has 0 spiro atoms. The molecule has 1 aromatic rings. The van der Waals surface area contributed by atoms with Crippen LogP contribution in [0.15, 0.2) is 30.3 Å². The van der Waals surface area contributed by atoms with E-state index in [4.69, 9.17) is 0 Å². The van der Waals surface area contributed by atoms with Crippen LogP contribution in [-0.2, 0) is 0 Å². The Morgan fingerprint density at radius 2 is 2.05 bits per heavy atom. The van der Waals surface area contributed by atoms with Gasteiger partial charge in [-0.3, -0.25) is 4.79 Å². The molecule has 1 saturated heterocycles. The number of nitrogens with one attached hydrogen (secondary N) is 2. The first-order chi connectivity index (χ1) is 9.33. The molecule has 2 atom stereocenters. The highest BCUT2D eigenvalue weighted by Gasteiger charge is 2.32. The molecule has 1 heterocycles. The molecule has 1 unspecified atom stereocenters. The molecule has 2 N–H and O–H groups in total. The van der Waals surface area contributed by atoms with Crippen LogP contribution in [-0.4, -0.2) is 24.5 Å². The van der Waals surface area contributed by atoms with Crippen molar-refractivity contribution in [2.75, 3.05) is 6.54 Å². The lowest BCUT2D eigenvalue weighted by atomic mass is 10.00. The van der Waals surface area contributed by atoms with E-state index in [0.717, 1.165) is 24.4 Å². The van der Waals surface area contributed by atoms with Crippen LogP contribution in [0.4, 0.5) is 0 Å². The van der Waals surface area contributed by atoms with Gasteiger partial charge in [0.15, 0.2) is 0 Å². The average molecular weight is 258 g/mol. The molecule has 3 rings (SSSR count). The van der Waals surface area contributed by atoms with Crippen molar-refractivity contribution >= 4 is 5.91 Å². The third-order valence-corrected chi connectivity index (χ3v) is 4.22. The molecule has 0 aromatic heterocycles. The zero-order valence-corrected chi connectivity index (χ0v) is 11.3. The molecule has 2 aliphatic rings. The minimum atomic E-state index is 0.0694. The number of benzene rings is 1. The van der Waals surface area contributed by atoms with Gasteiger partial charge < -0.3 is 10.6 Å². The van der Waals surface area contributed by atoms with Crippen molar-refractivity contribution in [3.05, 3.63) is 35.9 Å². The number of rotatable bonds is 5. The second-order valence-electron chi connectivity index (χ2n) is 5.83. The molecule has 2 fully saturated rings.